The molecule has 1 aliphatic carbocycles. The third-order valence-corrected chi connectivity index (χ3v) is 6.58. The second kappa shape index (κ2) is 8.75. The summed E-state index contributed by atoms with van der Waals surface area (Å²) in [5.41, 5.74) is 6.18. The molecule has 1 amide bonds. The standard InChI is InChI=1S/C26H21BrN2O4/c27-16-9-10-23-21(12-16)15(13-28-23)11-24(25(30)31)29-26(32)33-14-22-19-7-3-1-5-17(19)18-6-2-4-8-20(18)22/h1-10,12-13,22,24,28H,11,14H2,(H,29,32)(H,30,31)/t24-/m0/s1. The summed E-state index contributed by atoms with van der Waals surface area (Å²) < 4.78 is 6.41. The average Bonchev–Trinajstić information content (AvgIpc) is 3.35. The Balaban J connectivity index is 1.29. The van der Waals surface area contributed by atoms with Gasteiger partial charge in [0.15, 0.2) is 0 Å². The number of carboxylic acid groups (broad SMARTS) is 1. The summed E-state index contributed by atoms with van der Waals surface area (Å²) in [7, 11) is 0. The zero-order valence-corrected chi connectivity index (χ0v) is 19.1. The maximum absolute atomic E-state index is 12.6. The van der Waals surface area contributed by atoms with Crippen LogP contribution in [0.2, 0.25) is 0 Å². The van der Waals surface area contributed by atoms with Crippen molar-refractivity contribution < 1.29 is 19.4 Å². The Morgan fingerprint density at radius 1 is 1.03 bits per heavy atom. The molecule has 5 rings (SSSR count). The van der Waals surface area contributed by atoms with E-state index < -0.39 is 18.1 Å². The van der Waals surface area contributed by atoms with Crippen LogP contribution in [0.4, 0.5) is 4.79 Å². The van der Waals surface area contributed by atoms with Gasteiger partial charge in [-0.3, -0.25) is 0 Å². The predicted octanol–water partition coefficient (Wildman–Crippen LogP) is 5.46. The highest BCUT2D eigenvalue weighted by Crippen LogP contribution is 2.44. The number of aliphatic carboxylic acids is 1. The van der Waals surface area contributed by atoms with Crippen molar-refractivity contribution in [2.24, 2.45) is 0 Å². The Kier molecular flexibility index (Phi) is 5.64. The molecule has 1 aromatic heterocycles. The van der Waals surface area contributed by atoms with Crippen molar-refractivity contribution >= 4 is 38.9 Å². The number of rotatable bonds is 6. The summed E-state index contributed by atoms with van der Waals surface area (Å²) in [5, 5.41) is 13.1. The van der Waals surface area contributed by atoms with Gasteiger partial charge < -0.3 is 20.1 Å². The van der Waals surface area contributed by atoms with E-state index >= 15 is 0 Å². The number of nitrogens with one attached hydrogen (secondary N) is 2. The number of aromatic nitrogens is 1. The van der Waals surface area contributed by atoms with Crippen LogP contribution in [-0.4, -0.2) is 34.8 Å². The van der Waals surface area contributed by atoms with Crippen LogP contribution in [0.25, 0.3) is 22.0 Å². The molecule has 0 fully saturated rings. The zero-order chi connectivity index (χ0) is 22.9. The molecule has 0 saturated heterocycles. The first kappa shape index (κ1) is 21.3. The van der Waals surface area contributed by atoms with Crippen LogP contribution in [0.15, 0.2) is 77.4 Å². The second-order valence-corrected chi connectivity index (χ2v) is 8.98. The van der Waals surface area contributed by atoms with E-state index in [0.717, 1.165) is 43.2 Å². The molecule has 1 heterocycles. The van der Waals surface area contributed by atoms with Gasteiger partial charge in [0.05, 0.1) is 0 Å². The highest BCUT2D eigenvalue weighted by Gasteiger charge is 2.30. The van der Waals surface area contributed by atoms with E-state index in [1.165, 1.54) is 0 Å². The first-order valence-electron chi connectivity index (χ1n) is 10.6. The largest absolute Gasteiger partial charge is 0.480 e. The van der Waals surface area contributed by atoms with Crippen LogP contribution in [0.3, 0.4) is 0 Å². The van der Waals surface area contributed by atoms with E-state index in [1.807, 2.05) is 54.6 Å². The number of fused-ring (bicyclic) bond motifs is 4. The van der Waals surface area contributed by atoms with Gasteiger partial charge in [0, 0.05) is 33.9 Å². The molecular formula is C26H21BrN2O4. The maximum Gasteiger partial charge on any atom is 0.407 e. The molecule has 33 heavy (non-hydrogen) atoms. The number of aromatic amines is 1. The molecule has 4 aromatic rings. The SMILES string of the molecule is O=C(N[C@@H](Cc1c[nH]c2ccc(Br)cc12)C(=O)O)OCC1c2ccccc2-c2ccccc21. The van der Waals surface area contributed by atoms with Crippen molar-refractivity contribution in [1.29, 1.82) is 0 Å². The first-order chi connectivity index (χ1) is 16.0. The van der Waals surface area contributed by atoms with Crippen molar-refractivity contribution in [1.82, 2.24) is 10.3 Å². The molecule has 3 aromatic carbocycles. The van der Waals surface area contributed by atoms with Crippen molar-refractivity contribution in [2.75, 3.05) is 6.61 Å². The average molecular weight is 505 g/mol. The number of carbonyl (C=O) groups excluding carboxylic acids is 1. The summed E-state index contributed by atoms with van der Waals surface area (Å²) in [6, 6.07) is 20.8. The van der Waals surface area contributed by atoms with E-state index in [-0.39, 0.29) is 18.9 Å². The number of alkyl carbamates (subject to hydrolysis) is 1. The number of amides is 1. The fraction of sp³-hybridized carbons (Fsp3) is 0.154. The lowest BCUT2D eigenvalue weighted by Crippen LogP contribution is -2.42. The molecule has 0 radical (unpaired) electrons. The summed E-state index contributed by atoms with van der Waals surface area (Å²) >= 11 is 3.44. The molecule has 166 valence electrons. The minimum atomic E-state index is -1.12. The summed E-state index contributed by atoms with van der Waals surface area (Å²) in [6.45, 7) is 0.131. The maximum atomic E-state index is 12.6. The van der Waals surface area contributed by atoms with E-state index in [9.17, 15) is 14.7 Å². The number of ether oxygens (including phenoxy) is 1. The molecular weight excluding hydrogens is 484 g/mol. The van der Waals surface area contributed by atoms with Crippen LogP contribution < -0.4 is 5.32 Å². The van der Waals surface area contributed by atoms with Gasteiger partial charge in [-0.2, -0.15) is 0 Å². The quantitative estimate of drug-likeness (QED) is 0.324. The van der Waals surface area contributed by atoms with Crippen LogP contribution in [0.5, 0.6) is 0 Å². The highest BCUT2D eigenvalue weighted by atomic mass is 79.9. The van der Waals surface area contributed by atoms with Gasteiger partial charge in [-0.15, -0.1) is 0 Å². The van der Waals surface area contributed by atoms with Gasteiger partial charge in [-0.1, -0.05) is 64.5 Å². The van der Waals surface area contributed by atoms with E-state index in [4.69, 9.17) is 4.74 Å². The number of hydrogen-bond acceptors (Lipinski definition) is 3. The van der Waals surface area contributed by atoms with Gasteiger partial charge in [-0.25, -0.2) is 9.59 Å². The Morgan fingerprint density at radius 2 is 1.70 bits per heavy atom. The topological polar surface area (TPSA) is 91.4 Å². The minimum Gasteiger partial charge on any atom is -0.480 e. The van der Waals surface area contributed by atoms with Crippen molar-refractivity contribution in [2.45, 2.75) is 18.4 Å². The second-order valence-electron chi connectivity index (χ2n) is 8.07. The lowest BCUT2D eigenvalue weighted by Gasteiger charge is -2.17. The monoisotopic (exact) mass is 504 g/mol. The van der Waals surface area contributed by atoms with Crippen LogP contribution >= 0.6 is 15.9 Å². The van der Waals surface area contributed by atoms with Crippen molar-refractivity contribution in [3.05, 3.63) is 94.1 Å². The summed E-state index contributed by atoms with van der Waals surface area (Å²) in [5.74, 6) is -1.20. The highest BCUT2D eigenvalue weighted by molar-refractivity contribution is 9.10. The minimum absolute atomic E-state index is 0.0857. The third-order valence-electron chi connectivity index (χ3n) is 6.09. The first-order valence-corrected chi connectivity index (χ1v) is 11.4. The number of hydrogen-bond donors (Lipinski definition) is 3. The predicted molar refractivity (Wildman–Crippen MR) is 129 cm³/mol. The van der Waals surface area contributed by atoms with E-state index in [1.54, 1.807) is 6.20 Å². The Hall–Kier alpha value is -3.58. The summed E-state index contributed by atoms with van der Waals surface area (Å²) in [4.78, 5) is 27.6. The fourth-order valence-electron chi connectivity index (χ4n) is 4.52. The molecule has 0 saturated carbocycles. The number of carbonyl (C=O) groups is 2. The van der Waals surface area contributed by atoms with Crippen molar-refractivity contribution in [3.8, 4) is 11.1 Å². The lowest BCUT2D eigenvalue weighted by atomic mass is 9.98. The van der Waals surface area contributed by atoms with E-state index in [2.05, 4.69) is 38.4 Å². The van der Waals surface area contributed by atoms with Crippen LogP contribution in [-0.2, 0) is 16.0 Å². The number of H-pyrrole nitrogens is 1. The fourth-order valence-corrected chi connectivity index (χ4v) is 4.88. The van der Waals surface area contributed by atoms with Gasteiger partial charge in [0.2, 0.25) is 0 Å². The smallest absolute Gasteiger partial charge is 0.407 e. The van der Waals surface area contributed by atoms with E-state index in [0.29, 0.717) is 0 Å². The van der Waals surface area contributed by atoms with Crippen LogP contribution in [0.1, 0.15) is 22.6 Å². The zero-order valence-electron chi connectivity index (χ0n) is 17.5. The molecule has 1 atom stereocenters. The molecule has 7 heteroatoms. The van der Waals surface area contributed by atoms with Gasteiger partial charge in [-0.05, 0) is 46.0 Å². The molecule has 0 unspecified atom stereocenters. The molecule has 0 aliphatic heterocycles. The van der Waals surface area contributed by atoms with Gasteiger partial charge in [0.1, 0.15) is 12.6 Å². The molecule has 3 N–H and O–H groups in total. The molecule has 6 nitrogen and oxygen atoms in total. The Morgan fingerprint density at radius 3 is 2.36 bits per heavy atom. The number of carboxylic acids is 1. The Bertz CT molecular complexity index is 1320. The molecule has 0 bridgehead atoms. The van der Waals surface area contributed by atoms with Gasteiger partial charge >= 0.3 is 12.1 Å². The summed E-state index contributed by atoms with van der Waals surface area (Å²) in [6.07, 6.45) is 1.16. The third kappa shape index (κ3) is 4.12. The Labute approximate surface area is 198 Å². The normalized spacial score (nSPS) is 13.4. The van der Waals surface area contributed by atoms with Crippen LogP contribution in [0, 0.1) is 0 Å². The lowest BCUT2D eigenvalue weighted by molar-refractivity contribution is -0.139. The number of halogens is 1. The van der Waals surface area contributed by atoms with Crippen molar-refractivity contribution in [3.63, 3.8) is 0 Å². The molecule has 1 aliphatic rings. The van der Waals surface area contributed by atoms with Gasteiger partial charge in [0.25, 0.3) is 0 Å². The number of benzene rings is 3. The molecule has 0 spiro atoms.